The summed E-state index contributed by atoms with van der Waals surface area (Å²) in [6.07, 6.45) is 0.661. The number of anilines is 1. The van der Waals surface area contributed by atoms with Crippen molar-refractivity contribution in [2.24, 2.45) is 0 Å². The van der Waals surface area contributed by atoms with Gasteiger partial charge in [-0.3, -0.25) is 0 Å². The molecule has 0 saturated carbocycles. The second-order valence-corrected chi connectivity index (χ2v) is 6.70. The maximum absolute atomic E-state index is 12.3. The molecule has 2 aromatic rings. The van der Waals surface area contributed by atoms with Crippen LogP contribution in [0.1, 0.15) is 12.5 Å². The Labute approximate surface area is 126 Å². The van der Waals surface area contributed by atoms with Gasteiger partial charge in [0.25, 0.3) is 0 Å². The Balaban J connectivity index is 2.05. The van der Waals surface area contributed by atoms with E-state index >= 15 is 0 Å². The number of rotatable bonds is 6. The van der Waals surface area contributed by atoms with Crippen molar-refractivity contribution in [3.63, 3.8) is 0 Å². The molecule has 21 heavy (non-hydrogen) atoms. The molecule has 0 aliphatic rings. The molecule has 1 unspecified atom stereocenters. The number of benzene rings is 2. The minimum atomic E-state index is -3.48. The molecule has 0 spiro atoms. The first kappa shape index (κ1) is 15.5. The normalized spacial score (nSPS) is 12.9. The smallest absolute Gasteiger partial charge is 0.240 e. The van der Waals surface area contributed by atoms with Gasteiger partial charge in [-0.25, -0.2) is 13.1 Å². The average Bonchev–Trinajstić information content (AvgIpc) is 2.47. The van der Waals surface area contributed by atoms with Crippen molar-refractivity contribution in [2.75, 3.05) is 12.4 Å². The van der Waals surface area contributed by atoms with Crippen LogP contribution in [0, 0.1) is 0 Å². The van der Waals surface area contributed by atoms with E-state index in [9.17, 15) is 8.42 Å². The van der Waals surface area contributed by atoms with E-state index in [0.29, 0.717) is 6.42 Å². The summed E-state index contributed by atoms with van der Waals surface area (Å²) in [5.74, 6) is 0. The number of nitrogens with one attached hydrogen (secondary N) is 2. The predicted molar refractivity (Wildman–Crippen MR) is 85.9 cm³/mol. The fourth-order valence-electron chi connectivity index (χ4n) is 2.14. The van der Waals surface area contributed by atoms with Crippen molar-refractivity contribution in [3.8, 4) is 0 Å². The van der Waals surface area contributed by atoms with Gasteiger partial charge in [0.15, 0.2) is 0 Å². The molecular weight excluding hydrogens is 284 g/mol. The van der Waals surface area contributed by atoms with E-state index in [-0.39, 0.29) is 10.9 Å². The molecule has 4 nitrogen and oxygen atoms in total. The van der Waals surface area contributed by atoms with E-state index in [4.69, 9.17) is 0 Å². The summed E-state index contributed by atoms with van der Waals surface area (Å²) >= 11 is 0. The van der Waals surface area contributed by atoms with Crippen LogP contribution in [0.25, 0.3) is 0 Å². The Morgan fingerprint density at radius 1 is 1.00 bits per heavy atom. The van der Waals surface area contributed by atoms with Crippen LogP contribution in [-0.2, 0) is 16.4 Å². The van der Waals surface area contributed by atoms with Crippen LogP contribution < -0.4 is 10.0 Å². The summed E-state index contributed by atoms with van der Waals surface area (Å²) in [6, 6.07) is 16.4. The second-order valence-electron chi connectivity index (χ2n) is 4.99. The first-order valence-electron chi connectivity index (χ1n) is 6.85. The highest BCUT2D eigenvalue weighted by molar-refractivity contribution is 7.89. The first-order chi connectivity index (χ1) is 10.0. The van der Waals surface area contributed by atoms with Crippen molar-refractivity contribution in [1.82, 2.24) is 4.72 Å². The fourth-order valence-corrected chi connectivity index (χ4v) is 3.39. The zero-order valence-corrected chi connectivity index (χ0v) is 13.0. The van der Waals surface area contributed by atoms with Crippen LogP contribution in [0.2, 0.25) is 0 Å². The largest absolute Gasteiger partial charge is 0.388 e. The summed E-state index contributed by atoms with van der Waals surface area (Å²) < 4.78 is 27.3. The monoisotopic (exact) mass is 304 g/mol. The highest BCUT2D eigenvalue weighted by Crippen LogP contribution is 2.14. The molecule has 112 valence electrons. The van der Waals surface area contributed by atoms with Gasteiger partial charge >= 0.3 is 0 Å². The van der Waals surface area contributed by atoms with Gasteiger partial charge in [0.05, 0.1) is 4.90 Å². The Morgan fingerprint density at radius 3 is 2.19 bits per heavy atom. The maximum Gasteiger partial charge on any atom is 0.240 e. The summed E-state index contributed by atoms with van der Waals surface area (Å²) in [6.45, 7) is 1.87. The minimum absolute atomic E-state index is 0.165. The molecular formula is C16H20N2O2S. The van der Waals surface area contributed by atoms with Crippen molar-refractivity contribution in [2.45, 2.75) is 24.3 Å². The molecule has 2 rings (SSSR count). The topological polar surface area (TPSA) is 58.2 Å². The van der Waals surface area contributed by atoms with Gasteiger partial charge in [0.2, 0.25) is 10.0 Å². The highest BCUT2D eigenvalue weighted by Gasteiger charge is 2.17. The average molecular weight is 304 g/mol. The van der Waals surface area contributed by atoms with Gasteiger partial charge in [0.1, 0.15) is 0 Å². The van der Waals surface area contributed by atoms with Gasteiger partial charge in [-0.15, -0.1) is 0 Å². The molecule has 0 radical (unpaired) electrons. The quantitative estimate of drug-likeness (QED) is 0.862. The Morgan fingerprint density at radius 2 is 1.62 bits per heavy atom. The summed E-state index contributed by atoms with van der Waals surface area (Å²) in [7, 11) is -1.69. The van der Waals surface area contributed by atoms with Gasteiger partial charge in [-0.05, 0) is 43.2 Å². The third-order valence-electron chi connectivity index (χ3n) is 3.19. The SMILES string of the molecule is CNc1ccc(S(=O)(=O)NC(C)Cc2ccccc2)cc1. The molecule has 0 aliphatic carbocycles. The van der Waals surface area contributed by atoms with Crippen LogP contribution >= 0.6 is 0 Å². The molecule has 0 heterocycles. The van der Waals surface area contributed by atoms with E-state index in [1.54, 1.807) is 31.3 Å². The molecule has 0 fully saturated rings. The number of hydrogen-bond acceptors (Lipinski definition) is 3. The third kappa shape index (κ3) is 4.31. The van der Waals surface area contributed by atoms with Gasteiger partial charge in [-0.1, -0.05) is 30.3 Å². The zero-order valence-electron chi connectivity index (χ0n) is 12.2. The van der Waals surface area contributed by atoms with Crippen LogP contribution in [0.4, 0.5) is 5.69 Å². The second kappa shape index (κ2) is 6.74. The van der Waals surface area contributed by atoms with Gasteiger partial charge in [-0.2, -0.15) is 0 Å². The molecule has 0 saturated heterocycles. The van der Waals surface area contributed by atoms with E-state index in [1.165, 1.54) is 0 Å². The number of sulfonamides is 1. The van der Waals surface area contributed by atoms with Crippen LogP contribution in [-0.4, -0.2) is 21.5 Å². The lowest BCUT2D eigenvalue weighted by Gasteiger charge is -2.14. The summed E-state index contributed by atoms with van der Waals surface area (Å²) in [5, 5.41) is 2.96. The molecule has 0 aliphatic heterocycles. The molecule has 1 atom stereocenters. The van der Waals surface area contributed by atoms with Gasteiger partial charge in [0, 0.05) is 18.8 Å². The summed E-state index contributed by atoms with van der Waals surface area (Å²) in [4.78, 5) is 0.279. The maximum atomic E-state index is 12.3. The van der Waals surface area contributed by atoms with E-state index in [1.807, 2.05) is 37.3 Å². The van der Waals surface area contributed by atoms with E-state index in [2.05, 4.69) is 10.0 Å². The zero-order chi connectivity index (χ0) is 15.3. The first-order valence-corrected chi connectivity index (χ1v) is 8.33. The fraction of sp³-hybridized carbons (Fsp3) is 0.250. The standard InChI is InChI=1S/C16H20N2O2S/c1-13(12-14-6-4-3-5-7-14)18-21(19,20)16-10-8-15(17-2)9-11-16/h3-11,13,17-18H,12H2,1-2H3. The predicted octanol–water partition coefficient (Wildman–Crippen LogP) is 2.64. The van der Waals surface area contributed by atoms with Gasteiger partial charge < -0.3 is 5.32 Å². The molecule has 2 aromatic carbocycles. The molecule has 0 bridgehead atoms. The van der Waals surface area contributed by atoms with Crippen molar-refractivity contribution >= 4 is 15.7 Å². The van der Waals surface area contributed by atoms with Crippen LogP contribution in [0.15, 0.2) is 59.5 Å². The summed E-state index contributed by atoms with van der Waals surface area (Å²) in [5.41, 5.74) is 1.99. The van der Waals surface area contributed by atoms with Crippen molar-refractivity contribution < 1.29 is 8.42 Å². The molecule has 0 aromatic heterocycles. The van der Waals surface area contributed by atoms with Crippen molar-refractivity contribution in [3.05, 3.63) is 60.2 Å². The van der Waals surface area contributed by atoms with E-state index in [0.717, 1.165) is 11.3 Å². The Hall–Kier alpha value is -1.85. The molecule has 5 heteroatoms. The van der Waals surface area contributed by atoms with Crippen molar-refractivity contribution in [1.29, 1.82) is 0 Å². The van der Waals surface area contributed by atoms with Crippen LogP contribution in [0.5, 0.6) is 0 Å². The molecule has 0 amide bonds. The Kier molecular flexibility index (Phi) is 4.98. The lowest BCUT2D eigenvalue weighted by Crippen LogP contribution is -2.34. The minimum Gasteiger partial charge on any atom is -0.388 e. The third-order valence-corrected chi connectivity index (χ3v) is 4.80. The Bertz CT molecular complexity index is 667. The van der Waals surface area contributed by atoms with Crippen LogP contribution in [0.3, 0.4) is 0 Å². The number of hydrogen-bond donors (Lipinski definition) is 2. The van der Waals surface area contributed by atoms with E-state index < -0.39 is 10.0 Å². The highest BCUT2D eigenvalue weighted by atomic mass is 32.2. The lowest BCUT2D eigenvalue weighted by atomic mass is 10.1. The lowest BCUT2D eigenvalue weighted by molar-refractivity contribution is 0.560. The molecule has 2 N–H and O–H groups in total.